The molecule has 2 nitrogen and oxygen atoms in total. The average molecular weight is 311 g/mol. The van der Waals surface area contributed by atoms with E-state index in [1.165, 1.54) is 12.8 Å². The zero-order valence-corrected chi connectivity index (χ0v) is 14.3. The molecule has 0 spiro atoms. The zero-order valence-electron chi connectivity index (χ0n) is 13.5. The maximum atomic E-state index is 10.7. The SMILES string of the molecule is COc1ccc(C(O)C2CCC(C(C)(C)C)CC2)c(Cl)c1. The first kappa shape index (κ1) is 16.6. The van der Waals surface area contributed by atoms with Gasteiger partial charge < -0.3 is 9.84 Å². The van der Waals surface area contributed by atoms with E-state index in [9.17, 15) is 5.11 Å². The highest BCUT2D eigenvalue weighted by Gasteiger charge is 2.33. The molecule has 1 aliphatic rings. The molecule has 0 aromatic heterocycles. The lowest BCUT2D eigenvalue weighted by Gasteiger charge is -2.38. The summed E-state index contributed by atoms with van der Waals surface area (Å²) in [5.74, 6) is 1.80. The second kappa shape index (κ2) is 6.58. The third kappa shape index (κ3) is 3.92. The van der Waals surface area contributed by atoms with E-state index in [0.717, 1.165) is 30.1 Å². The molecule has 1 N–H and O–H groups in total. The van der Waals surface area contributed by atoms with Gasteiger partial charge in [-0.3, -0.25) is 0 Å². The van der Waals surface area contributed by atoms with Crippen LogP contribution in [0.1, 0.15) is 58.1 Å². The van der Waals surface area contributed by atoms with Crippen molar-refractivity contribution >= 4 is 11.6 Å². The van der Waals surface area contributed by atoms with Crippen LogP contribution in [0, 0.1) is 17.3 Å². The first-order valence-corrected chi connectivity index (χ1v) is 8.22. The molecule has 1 saturated carbocycles. The van der Waals surface area contributed by atoms with Crippen molar-refractivity contribution in [1.29, 1.82) is 0 Å². The van der Waals surface area contributed by atoms with Crippen LogP contribution < -0.4 is 4.74 Å². The average Bonchev–Trinajstić information content (AvgIpc) is 2.45. The number of methoxy groups -OCH3 is 1. The van der Waals surface area contributed by atoms with Crippen molar-refractivity contribution in [2.24, 2.45) is 17.3 Å². The van der Waals surface area contributed by atoms with Gasteiger partial charge in [-0.15, -0.1) is 0 Å². The van der Waals surface area contributed by atoms with E-state index >= 15 is 0 Å². The Morgan fingerprint density at radius 1 is 1.19 bits per heavy atom. The largest absolute Gasteiger partial charge is 0.497 e. The summed E-state index contributed by atoms with van der Waals surface area (Å²) in [5.41, 5.74) is 1.20. The van der Waals surface area contributed by atoms with Gasteiger partial charge in [-0.05, 0) is 60.6 Å². The number of ether oxygens (including phenoxy) is 1. The molecule has 21 heavy (non-hydrogen) atoms. The standard InChI is InChI=1S/C18H27ClO2/c1-18(2,3)13-7-5-12(6-8-13)17(20)15-10-9-14(21-4)11-16(15)19/h9-13,17,20H,5-8H2,1-4H3. The fourth-order valence-electron chi connectivity index (χ4n) is 3.43. The third-order valence-corrected chi connectivity index (χ3v) is 5.30. The number of aliphatic hydroxyl groups excluding tert-OH is 1. The number of rotatable bonds is 3. The van der Waals surface area contributed by atoms with Crippen LogP contribution in [-0.2, 0) is 0 Å². The van der Waals surface area contributed by atoms with Crippen molar-refractivity contribution in [1.82, 2.24) is 0 Å². The first-order valence-electron chi connectivity index (χ1n) is 7.84. The van der Waals surface area contributed by atoms with Gasteiger partial charge in [-0.25, -0.2) is 0 Å². The molecule has 3 heteroatoms. The van der Waals surface area contributed by atoms with E-state index in [1.807, 2.05) is 12.1 Å². The summed E-state index contributed by atoms with van der Waals surface area (Å²) >= 11 is 6.28. The second-order valence-corrected chi connectivity index (χ2v) is 7.72. The van der Waals surface area contributed by atoms with Gasteiger partial charge in [0, 0.05) is 0 Å². The maximum Gasteiger partial charge on any atom is 0.120 e. The molecule has 0 saturated heterocycles. The minimum absolute atomic E-state index is 0.314. The fourth-order valence-corrected chi connectivity index (χ4v) is 3.71. The fraction of sp³-hybridized carbons (Fsp3) is 0.667. The summed E-state index contributed by atoms with van der Waals surface area (Å²) in [6.07, 6.45) is 4.07. The second-order valence-electron chi connectivity index (χ2n) is 7.31. The van der Waals surface area contributed by atoms with E-state index < -0.39 is 6.10 Å². The zero-order chi connectivity index (χ0) is 15.6. The number of hydrogen-bond donors (Lipinski definition) is 1. The summed E-state index contributed by atoms with van der Waals surface area (Å²) < 4.78 is 5.16. The van der Waals surface area contributed by atoms with Crippen LogP contribution in [0.5, 0.6) is 5.75 Å². The number of hydrogen-bond acceptors (Lipinski definition) is 2. The van der Waals surface area contributed by atoms with Gasteiger partial charge in [0.1, 0.15) is 5.75 Å². The van der Waals surface area contributed by atoms with E-state index in [0.29, 0.717) is 16.4 Å². The number of halogens is 1. The van der Waals surface area contributed by atoms with Gasteiger partial charge in [-0.1, -0.05) is 38.4 Å². The van der Waals surface area contributed by atoms with Gasteiger partial charge in [0.05, 0.1) is 18.2 Å². The number of benzene rings is 1. The topological polar surface area (TPSA) is 29.5 Å². The molecule has 1 fully saturated rings. The molecule has 1 unspecified atom stereocenters. The van der Waals surface area contributed by atoms with E-state index in [1.54, 1.807) is 13.2 Å². The van der Waals surface area contributed by atoms with Crippen LogP contribution in [0.3, 0.4) is 0 Å². The molecule has 118 valence electrons. The van der Waals surface area contributed by atoms with Crippen LogP contribution >= 0.6 is 11.6 Å². The van der Waals surface area contributed by atoms with Gasteiger partial charge >= 0.3 is 0 Å². The van der Waals surface area contributed by atoms with Crippen LogP contribution in [0.15, 0.2) is 18.2 Å². The summed E-state index contributed by atoms with van der Waals surface area (Å²) in [6, 6.07) is 5.54. The summed E-state index contributed by atoms with van der Waals surface area (Å²) in [6.45, 7) is 6.94. The smallest absolute Gasteiger partial charge is 0.120 e. The molecule has 1 aliphatic carbocycles. The van der Waals surface area contributed by atoms with Gasteiger partial charge in [-0.2, -0.15) is 0 Å². The number of aliphatic hydroxyl groups is 1. The minimum atomic E-state index is -0.468. The highest BCUT2D eigenvalue weighted by atomic mass is 35.5. The predicted molar refractivity (Wildman–Crippen MR) is 87.9 cm³/mol. The van der Waals surface area contributed by atoms with Crippen LogP contribution in [-0.4, -0.2) is 12.2 Å². The summed E-state index contributed by atoms with van der Waals surface area (Å²) in [7, 11) is 1.62. The predicted octanol–water partition coefficient (Wildman–Crippen LogP) is 5.23. The van der Waals surface area contributed by atoms with Crippen molar-refractivity contribution in [2.75, 3.05) is 7.11 Å². The molecule has 0 amide bonds. The van der Waals surface area contributed by atoms with Crippen molar-refractivity contribution in [2.45, 2.75) is 52.6 Å². The Morgan fingerprint density at radius 2 is 1.81 bits per heavy atom. The van der Waals surface area contributed by atoms with Crippen LogP contribution in [0.2, 0.25) is 5.02 Å². The quantitative estimate of drug-likeness (QED) is 0.828. The minimum Gasteiger partial charge on any atom is -0.497 e. The monoisotopic (exact) mass is 310 g/mol. The van der Waals surface area contributed by atoms with Crippen molar-refractivity contribution in [3.8, 4) is 5.75 Å². The lowest BCUT2D eigenvalue weighted by atomic mass is 9.68. The first-order chi connectivity index (χ1) is 9.82. The highest BCUT2D eigenvalue weighted by Crippen LogP contribution is 2.44. The highest BCUT2D eigenvalue weighted by molar-refractivity contribution is 6.31. The van der Waals surface area contributed by atoms with Crippen LogP contribution in [0.4, 0.5) is 0 Å². The molecule has 0 heterocycles. The molecular formula is C18H27ClO2. The molecule has 1 aromatic carbocycles. The van der Waals surface area contributed by atoms with E-state index in [4.69, 9.17) is 16.3 Å². The molecule has 0 radical (unpaired) electrons. The Bertz CT molecular complexity index is 471. The summed E-state index contributed by atoms with van der Waals surface area (Å²) in [5, 5.41) is 11.3. The van der Waals surface area contributed by atoms with Crippen molar-refractivity contribution < 1.29 is 9.84 Å². The lowest BCUT2D eigenvalue weighted by Crippen LogP contribution is -2.28. The van der Waals surface area contributed by atoms with E-state index in [2.05, 4.69) is 20.8 Å². The molecule has 1 aromatic rings. The molecule has 2 rings (SSSR count). The molecule has 1 atom stereocenters. The van der Waals surface area contributed by atoms with Crippen LogP contribution in [0.25, 0.3) is 0 Å². The lowest BCUT2D eigenvalue weighted by molar-refractivity contribution is 0.0528. The van der Waals surface area contributed by atoms with Gasteiger partial charge in [0.2, 0.25) is 0 Å². The Kier molecular flexibility index (Phi) is 5.21. The summed E-state index contributed by atoms with van der Waals surface area (Å²) in [4.78, 5) is 0. The molecule has 0 aliphatic heterocycles. The Hall–Kier alpha value is -0.730. The van der Waals surface area contributed by atoms with Crippen molar-refractivity contribution in [3.63, 3.8) is 0 Å². The van der Waals surface area contributed by atoms with Gasteiger partial charge in [0.25, 0.3) is 0 Å². The third-order valence-electron chi connectivity index (χ3n) is 4.97. The Balaban J connectivity index is 2.03. The Labute approximate surface area is 133 Å². The normalized spacial score (nSPS) is 24.7. The van der Waals surface area contributed by atoms with Crippen molar-refractivity contribution in [3.05, 3.63) is 28.8 Å². The maximum absolute atomic E-state index is 10.7. The molecular weight excluding hydrogens is 284 g/mol. The van der Waals surface area contributed by atoms with Gasteiger partial charge in [0.15, 0.2) is 0 Å². The molecule has 0 bridgehead atoms. The van der Waals surface area contributed by atoms with E-state index in [-0.39, 0.29) is 0 Å². The Morgan fingerprint density at radius 3 is 2.29 bits per heavy atom.